The Kier molecular flexibility index (Phi) is 10.3. The number of anilines is 6. The summed E-state index contributed by atoms with van der Waals surface area (Å²) in [4.78, 5) is 4.78. The van der Waals surface area contributed by atoms with Crippen molar-refractivity contribution in [2.24, 2.45) is 0 Å². The number of benzene rings is 10. The van der Waals surface area contributed by atoms with Crippen molar-refractivity contribution in [3.05, 3.63) is 266 Å². The molecule has 0 aliphatic heterocycles. The van der Waals surface area contributed by atoms with Gasteiger partial charge in [-0.1, -0.05) is 196 Å². The second kappa shape index (κ2) is 16.8. The van der Waals surface area contributed by atoms with Crippen molar-refractivity contribution < 1.29 is 0 Å². The SMILES string of the molecule is CC1(C)c2ccccc2-c2ccc(N(c3ccccc3)c3ccc(-c4ccc(N(c5ccc(-c6ccccc6)cc5)c5ccc(-c6ccccc6)cc5)cc4)cc3-c3ccccc3)cc21. The van der Waals surface area contributed by atoms with Crippen LogP contribution < -0.4 is 9.80 Å². The van der Waals surface area contributed by atoms with Crippen LogP contribution in [0, 0.1) is 0 Å². The number of hydrogen-bond acceptors (Lipinski definition) is 2. The maximum Gasteiger partial charge on any atom is 0.0540 e. The van der Waals surface area contributed by atoms with Crippen LogP contribution in [-0.4, -0.2) is 0 Å². The molecular weight excluding hydrogens is 785 g/mol. The standard InChI is InChI=1S/C63H48N2/c1-63(2)60-26-16-15-25-57(60)58-41-40-56(44-61(58)63)65(52-23-13-6-14-24-52)62-42-33-51(43-59(62)50-21-11-5-12-22-50)49-31-38-55(39-32-49)64(53-34-27-47(28-35-53)45-17-7-3-8-18-45)54-36-29-48(30-37-54)46-19-9-4-10-20-46/h3-44H,1-2H3. The van der Waals surface area contributed by atoms with Gasteiger partial charge < -0.3 is 9.80 Å². The first-order valence-corrected chi connectivity index (χ1v) is 22.5. The highest BCUT2D eigenvalue weighted by Crippen LogP contribution is 2.51. The lowest BCUT2D eigenvalue weighted by molar-refractivity contribution is 0.660. The van der Waals surface area contributed by atoms with Crippen LogP contribution in [0.5, 0.6) is 0 Å². The van der Waals surface area contributed by atoms with E-state index in [0.717, 1.165) is 50.8 Å². The van der Waals surface area contributed by atoms with Crippen LogP contribution in [0.2, 0.25) is 0 Å². The Morgan fingerprint density at radius 1 is 0.246 bits per heavy atom. The predicted molar refractivity (Wildman–Crippen MR) is 275 cm³/mol. The molecule has 0 N–H and O–H groups in total. The first kappa shape index (κ1) is 39.6. The predicted octanol–water partition coefficient (Wildman–Crippen LogP) is 17.6. The average Bonchev–Trinajstić information content (AvgIpc) is 3.61. The van der Waals surface area contributed by atoms with Crippen molar-refractivity contribution in [3.63, 3.8) is 0 Å². The number of rotatable bonds is 10. The molecule has 0 spiro atoms. The number of hydrogen-bond donors (Lipinski definition) is 0. The third-order valence-electron chi connectivity index (χ3n) is 13.1. The molecule has 1 aliphatic carbocycles. The lowest BCUT2D eigenvalue weighted by Gasteiger charge is -2.30. The molecule has 2 nitrogen and oxygen atoms in total. The lowest BCUT2D eigenvalue weighted by Crippen LogP contribution is -2.16. The molecule has 0 aromatic heterocycles. The van der Waals surface area contributed by atoms with Gasteiger partial charge in [-0.05, 0) is 134 Å². The van der Waals surface area contributed by atoms with E-state index < -0.39 is 0 Å². The summed E-state index contributed by atoms with van der Waals surface area (Å²) < 4.78 is 0. The molecule has 11 rings (SSSR count). The highest BCUT2D eigenvalue weighted by molar-refractivity contribution is 5.93. The second-order valence-corrected chi connectivity index (χ2v) is 17.4. The second-order valence-electron chi connectivity index (χ2n) is 17.4. The summed E-state index contributed by atoms with van der Waals surface area (Å²) in [5.74, 6) is 0. The van der Waals surface area contributed by atoms with E-state index in [1.54, 1.807) is 0 Å². The minimum absolute atomic E-state index is 0.116. The molecule has 310 valence electrons. The van der Waals surface area contributed by atoms with Gasteiger partial charge in [0.2, 0.25) is 0 Å². The third kappa shape index (κ3) is 7.49. The summed E-state index contributed by atoms with van der Waals surface area (Å²) >= 11 is 0. The molecule has 2 heteroatoms. The quantitative estimate of drug-likeness (QED) is 0.135. The van der Waals surface area contributed by atoms with Crippen LogP contribution in [0.4, 0.5) is 34.1 Å². The zero-order valence-corrected chi connectivity index (χ0v) is 36.6. The van der Waals surface area contributed by atoms with Gasteiger partial charge in [0, 0.05) is 39.4 Å². The van der Waals surface area contributed by atoms with Crippen molar-refractivity contribution in [1.82, 2.24) is 0 Å². The van der Waals surface area contributed by atoms with Gasteiger partial charge >= 0.3 is 0 Å². The summed E-state index contributed by atoms with van der Waals surface area (Å²) in [6.07, 6.45) is 0. The van der Waals surface area contributed by atoms with Crippen molar-refractivity contribution >= 4 is 34.1 Å². The van der Waals surface area contributed by atoms with Crippen molar-refractivity contribution in [3.8, 4) is 55.6 Å². The van der Waals surface area contributed by atoms with Gasteiger partial charge in [0.25, 0.3) is 0 Å². The van der Waals surface area contributed by atoms with E-state index in [1.807, 2.05) is 0 Å². The molecule has 65 heavy (non-hydrogen) atoms. The maximum absolute atomic E-state index is 2.43. The summed E-state index contributed by atoms with van der Waals surface area (Å²) in [6.45, 7) is 4.71. The monoisotopic (exact) mass is 832 g/mol. The van der Waals surface area contributed by atoms with Gasteiger partial charge in [-0.25, -0.2) is 0 Å². The zero-order chi connectivity index (χ0) is 43.7. The average molecular weight is 833 g/mol. The molecule has 10 aromatic rings. The Morgan fingerprint density at radius 2 is 0.631 bits per heavy atom. The maximum atomic E-state index is 2.43. The molecule has 0 atom stereocenters. The molecule has 1 aliphatic rings. The van der Waals surface area contributed by atoms with Crippen LogP contribution in [0.15, 0.2) is 255 Å². The smallest absolute Gasteiger partial charge is 0.0540 e. The van der Waals surface area contributed by atoms with Gasteiger partial charge in [0.15, 0.2) is 0 Å². The van der Waals surface area contributed by atoms with Gasteiger partial charge in [0.1, 0.15) is 0 Å². The van der Waals surface area contributed by atoms with Crippen LogP contribution in [-0.2, 0) is 5.41 Å². The summed E-state index contributed by atoms with van der Waals surface area (Å²) in [5, 5.41) is 0. The lowest BCUT2D eigenvalue weighted by atomic mass is 9.82. The molecule has 0 radical (unpaired) electrons. The van der Waals surface area contributed by atoms with Crippen molar-refractivity contribution in [2.45, 2.75) is 19.3 Å². The van der Waals surface area contributed by atoms with Crippen molar-refractivity contribution in [2.75, 3.05) is 9.80 Å². The first-order chi connectivity index (χ1) is 32.0. The third-order valence-corrected chi connectivity index (χ3v) is 13.1. The normalized spacial score (nSPS) is 12.3. The Bertz CT molecular complexity index is 3150. The minimum atomic E-state index is -0.116. The summed E-state index contributed by atoms with van der Waals surface area (Å²) in [6, 6.07) is 92.4. The van der Waals surface area contributed by atoms with Crippen LogP contribution >= 0.6 is 0 Å². The van der Waals surface area contributed by atoms with Gasteiger partial charge in [-0.3, -0.25) is 0 Å². The Labute approximate surface area is 383 Å². The van der Waals surface area contributed by atoms with Gasteiger partial charge in [0.05, 0.1) is 5.69 Å². The molecular formula is C63H48N2. The highest BCUT2D eigenvalue weighted by atomic mass is 15.1. The summed E-state index contributed by atoms with van der Waals surface area (Å²) in [5.41, 5.74) is 21.4. The largest absolute Gasteiger partial charge is 0.311 e. The van der Waals surface area contributed by atoms with Crippen molar-refractivity contribution in [1.29, 1.82) is 0 Å². The molecule has 10 aromatic carbocycles. The Hall–Kier alpha value is -8.20. The fourth-order valence-corrected chi connectivity index (χ4v) is 9.71. The fraction of sp³-hybridized carbons (Fsp3) is 0.0476. The zero-order valence-electron chi connectivity index (χ0n) is 36.6. The fourth-order valence-electron chi connectivity index (χ4n) is 9.71. The highest BCUT2D eigenvalue weighted by Gasteiger charge is 2.36. The van der Waals surface area contributed by atoms with Gasteiger partial charge in [-0.2, -0.15) is 0 Å². The van der Waals surface area contributed by atoms with Crippen LogP contribution in [0.3, 0.4) is 0 Å². The van der Waals surface area contributed by atoms with Gasteiger partial charge in [-0.15, -0.1) is 0 Å². The van der Waals surface area contributed by atoms with E-state index in [0.29, 0.717) is 0 Å². The van der Waals surface area contributed by atoms with E-state index in [1.165, 1.54) is 50.1 Å². The molecule has 0 amide bonds. The summed E-state index contributed by atoms with van der Waals surface area (Å²) in [7, 11) is 0. The molecule has 0 bridgehead atoms. The van der Waals surface area contributed by atoms with E-state index in [2.05, 4.69) is 278 Å². The molecule has 0 saturated carbocycles. The Morgan fingerprint density at radius 3 is 1.17 bits per heavy atom. The Balaban J connectivity index is 0.990. The van der Waals surface area contributed by atoms with Crippen LogP contribution in [0.1, 0.15) is 25.0 Å². The minimum Gasteiger partial charge on any atom is -0.311 e. The number of fused-ring (bicyclic) bond motifs is 3. The molecule has 0 saturated heterocycles. The topological polar surface area (TPSA) is 6.48 Å². The van der Waals surface area contributed by atoms with E-state index in [4.69, 9.17) is 0 Å². The molecule has 0 fully saturated rings. The molecule has 0 heterocycles. The van der Waals surface area contributed by atoms with E-state index in [9.17, 15) is 0 Å². The number of para-hydroxylation sites is 1. The molecule has 0 unspecified atom stereocenters. The van der Waals surface area contributed by atoms with E-state index >= 15 is 0 Å². The van der Waals surface area contributed by atoms with Crippen LogP contribution in [0.25, 0.3) is 55.6 Å². The van der Waals surface area contributed by atoms with E-state index in [-0.39, 0.29) is 5.41 Å². The number of nitrogens with zero attached hydrogens (tertiary/aromatic N) is 2. The first-order valence-electron chi connectivity index (χ1n) is 22.5.